The fourth-order valence-corrected chi connectivity index (χ4v) is 3.58. The number of ether oxygens (including phenoxy) is 1. The Labute approximate surface area is 268 Å². The van der Waals surface area contributed by atoms with E-state index >= 15 is 0 Å². The monoisotopic (exact) mass is 534 g/mol. The van der Waals surface area contributed by atoms with Gasteiger partial charge in [0.05, 0.1) is 18.5 Å². The molecule has 0 unspecified atom stereocenters. The Morgan fingerprint density at radius 2 is 1.05 bits per heavy atom. The number of esters is 1. The minimum Gasteiger partial charge on any atom is -0.545 e. The Morgan fingerprint density at radius 3 is 1.41 bits per heavy atom. The largest absolute Gasteiger partial charge is 1.00 e. The molecule has 0 radical (unpaired) electrons. The summed E-state index contributed by atoms with van der Waals surface area (Å²) >= 11 is 0. The third kappa shape index (κ3) is 31.5. The Kier molecular flexibility index (Phi) is 34.9. The first-order valence-corrected chi connectivity index (χ1v) is 13.3. The van der Waals surface area contributed by atoms with Crippen LogP contribution < -0.4 is 69.3 Å². The Balaban J connectivity index is -0.000000882. The number of unbranched alkanes of at least 4 members (excludes halogenated alkanes) is 15. The Morgan fingerprint density at radius 1 is 0.649 bits per heavy atom. The molecule has 6 nitrogen and oxygen atoms in total. The molecule has 8 heteroatoms. The molecule has 1 aromatic carbocycles. The van der Waals surface area contributed by atoms with Crippen LogP contribution in [0.25, 0.3) is 0 Å². The second-order valence-corrected chi connectivity index (χ2v) is 8.78. The van der Waals surface area contributed by atoms with Crippen LogP contribution in [0.15, 0.2) is 42.5 Å². The van der Waals surface area contributed by atoms with Crippen molar-refractivity contribution in [2.75, 3.05) is 6.61 Å². The maximum atomic E-state index is 11.1. The summed E-state index contributed by atoms with van der Waals surface area (Å²) in [6.45, 7) is 2.62. The van der Waals surface area contributed by atoms with Gasteiger partial charge in [-0.25, -0.2) is 4.79 Å². The molecule has 0 saturated carbocycles. The molecule has 0 aliphatic heterocycles. The van der Waals surface area contributed by atoms with Crippen LogP contribution in [-0.4, -0.2) is 24.5 Å². The van der Waals surface area contributed by atoms with E-state index in [1.54, 1.807) is 18.2 Å². The molecule has 0 saturated heterocycles. The van der Waals surface area contributed by atoms with Crippen molar-refractivity contribution in [2.45, 2.75) is 110 Å². The second kappa shape index (κ2) is 31.6. The molecule has 0 N–H and O–H groups in total. The van der Waals surface area contributed by atoms with E-state index in [-0.39, 0.29) is 64.7 Å². The fraction of sp³-hybridized carbons (Fsp3) is 0.621. The summed E-state index contributed by atoms with van der Waals surface area (Å²) in [5.41, 5.74) is 0.220. The quantitative estimate of drug-likeness (QED) is 0.0935. The smallest absolute Gasteiger partial charge is 0.545 e. The van der Waals surface area contributed by atoms with Gasteiger partial charge in [-0.15, -0.1) is 0 Å². The van der Waals surface area contributed by atoms with E-state index in [4.69, 9.17) is 4.74 Å². The molecule has 198 valence electrons. The zero-order valence-corrected chi connectivity index (χ0v) is 27.5. The zero-order chi connectivity index (χ0) is 26.0. The molecule has 0 spiro atoms. The molecule has 0 atom stereocenters. The summed E-state index contributed by atoms with van der Waals surface area (Å²) < 4.78 is 4.89. The molecule has 0 bridgehead atoms. The number of aliphatic carboxylic acids is 1. The normalized spacial score (nSPS) is 9.97. The van der Waals surface area contributed by atoms with Gasteiger partial charge in [-0.3, -0.25) is 0 Å². The van der Waals surface area contributed by atoms with E-state index in [2.05, 4.69) is 6.92 Å². The number of carbonyl (C=O) groups excluding carboxylic acids is 3. The van der Waals surface area contributed by atoms with Gasteiger partial charge in [-0.05, 0) is 18.1 Å². The standard InChI is InChI=1S/C22H40O4.C7H6O2.2Na/c1-2-3-4-5-6-7-8-9-10-11-12-13-14-15-16-17-20-26-22(25)19-18-21(23)24;8-7(9)6-4-2-1-3-5-6;;/h18-19H,2-17,20H2,1H3,(H,23,24);1-5H,(H,8,9);;/q;;2*+1/p-2/b19-18+;;;. The van der Waals surface area contributed by atoms with Crippen molar-refractivity contribution in [3.63, 3.8) is 0 Å². The predicted molar refractivity (Wildman–Crippen MR) is 135 cm³/mol. The van der Waals surface area contributed by atoms with Crippen molar-refractivity contribution >= 4 is 17.9 Å². The number of carboxylic acid groups (broad SMARTS) is 2. The Bertz CT molecular complexity index is 695. The number of carbonyl (C=O) groups is 3. The third-order valence-corrected chi connectivity index (χ3v) is 5.61. The van der Waals surface area contributed by atoms with Crippen LogP contribution in [0.5, 0.6) is 0 Å². The first kappa shape index (κ1) is 40.9. The molecule has 0 aliphatic carbocycles. The van der Waals surface area contributed by atoms with Gasteiger partial charge < -0.3 is 24.5 Å². The summed E-state index contributed by atoms with van der Waals surface area (Å²) in [6.07, 6.45) is 22.4. The van der Waals surface area contributed by atoms with Gasteiger partial charge in [-0.1, -0.05) is 134 Å². The molecular formula is C29H44Na2O6. The van der Waals surface area contributed by atoms with Gasteiger partial charge in [0.2, 0.25) is 0 Å². The molecule has 0 heterocycles. The number of hydrogen-bond acceptors (Lipinski definition) is 6. The van der Waals surface area contributed by atoms with E-state index in [0.29, 0.717) is 12.7 Å². The van der Waals surface area contributed by atoms with E-state index in [1.165, 1.54) is 102 Å². The first-order valence-electron chi connectivity index (χ1n) is 13.3. The van der Waals surface area contributed by atoms with E-state index < -0.39 is 17.9 Å². The number of rotatable bonds is 20. The fourth-order valence-electron chi connectivity index (χ4n) is 3.58. The van der Waals surface area contributed by atoms with E-state index in [0.717, 1.165) is 18.9 Å². The average molecular weight is 535 g/mol. The molecule has 0 fully saturated rings. The number of benzene rings is 1. The van der Waals surface area contributed by atoms with Crippen LogP contribution in [-0.2, 0) is 14.3 Å². The van der Waals surface area contributed by atoms with Crippen molar-refractivity contribution in [3.05, 3.63) is 48.0 Å². The van der Waals surface area contributed by atoms with Gasteiger partial charge >= 0.3 is 65.1 Å². The molecule has 37 heavy (non-hydrogen) atoms. The average Bonchev–Trinajstić information content (AvgIpc) is 2.85. The van der Waals surface area contributed by atoms with Crippen LogP contribution in [0, 0.1) is 0 Å². The predicted octanol–water partition coefficient (Wildman–Crippen LogP) is -0.845. The topological polar surface area (TPSA) is 107 Å². The molecule has 1 aromatic rings. The van der Waals surface area contributed by atoms with Gasteiger partial charge in [0.1, 0.15) is 0 Å². The number of hydrogen-bond donors (Lipinski definition) is 0. The van der Waals surface area contributed by atoms with E-state index in [9.17, 15) is 24.6 Å². The first-order chi connectivity index (χ1) is 17.0. The minimum atomic E-state index is -1.38. The van der Waals surface area contributed by atoms with Gasteiger partial charge in [0.25, 0.3) is 0 Å². The Hall–Kier alpha value is -0.630. The summed E-state index contributed by atoms with van der Waals surface area (Å²) in [5.74, 6) is -3.13. The summed E-state index contributed by atoms with van der Waals surface area (Å²) in [5, 5.41) is 20.2. The van der Waals surface area contributed by atoms with Crippen molar-refractivity contribution in [1.29, 1.82) is 0 Å². The van der Waals surface area contributed by atoms with Crippen molar-refractivity contribution in [2.24, 2.45) is 0 Å². The summed E-state index contributed by atoms with van der Waals surface area (Å²) in [4.78, 5) is 31.3. The molecular weight excluding hydrogens is 490 g/mol. The van der Waals surface area contributed by atoms with Gasteiger partial charge in [0, 0.05) is 6.08 Å². The SMILES string of the molecule is CCCCCCCCCCCCCCCCCCOC(=O)/C=C/C(=O)[O-].O=C([O-])c1ccccc1.[Na+].[Na+]. The van der Waals surface area contributed by atoms with E-state index in [1.807, 2.05) is 0 Å². The van der Waals surface area contributed by atoms with Gasteiger partial charge in [0.15, 0.2) is 0 Å². The van der Waals surface area contributed by atoms with Crippen molar-refractivity contribution < 1.29 is 88.4 Å². The van der Waals surface area contributed by atoms with Crippen LogP contribution in [0.1, 0.15) is 120 Å². The maximum Gasteiger partial charge on any atom is 1.00 e. The van der Waals surface area contributed by atoms with Crippen LogP contribution in [0.4, 0.5) is 0 Å². The van der Waals surface area contributed by atoms with Crippen LogP contribution in [0.2, 0.25) is 0 Å². The second-order valence-electron chi connectivity index (χ2n) is 8.78. The summed E-state index contributed by atoms with van der Waals surface area (Å²) in [6, 6.07) is 8.06. The maximum absolute atomic E-state index is 11.1. The summed E-state index contributed by atoms with van der Waals surface area (Å²) in [7, 11) is 0. The number of aromatic carboxylic acids is 1. The molecule has 0 aromatic heterocycles. The van der Waals surface area contributed by atoms with Crippen LogP contribution in [0.3, 0.4) is 0 Å². The van der Waals surface area contributed by atoms with Crippen molar-refractivity contribution in [1.82, 2.24) is 0 Å². The van der Waals surface area contributed by atoms with Crippen LogP contribution >= 0.6 is 0 Å². The van der Waals surface area contributed by atoms with Crippen molar-refractivity contribution in [3.8, 4) is 0 Å². The zero-order valence-electron chi connectivity index (χ0n) is 23.5. The van der Waals surface area contributed by atoms with Gasteiger partial charge in [-0.2, -0.15) is 0 Å². The minimum absolute atomic E-state index is 0. The molecule has 0 amide bonds. The number of carboxylic acids is 2. The molecule has 1 rings (SSSR count). The molecule has 0 aliphatic rings. The third-order valence-electron chi connectivity index (χ3n) is 5.61.